The molecule has 0 aliphatic heterocycles. The van der Waals surface area contributed by atoms with Gasteiger partial charge in [0.1, 0.15) is 11.2 Å². The van der Waals surface area contributed by atoms with Crippen LogP contribution in [0.25, 0.3) is 93.5 Å². The van der Waals surface area contributed by atoms with Gasteiger partial charge in [-0.1, -0.05) is 91.0 Å². The lowest BCUT2D eigenvalue weighted by Crippen LogP contribution is -1.92. The molecule has 0 saturated carbocycles. The molecule has 0 spiro atoms. The van der Waals surface area contributed by atoms with Gasteiger partial charge in [0, 0.05) is 61.6 Å². The maximum absolute atomic E-state index is 6.41. The molecule has 10 aromatic rings. The highest BCUT2D eigenvalue weighted by Crippen LogP contribution is 2.40. The van der Waals surface area contributed by atoms with Gasteiger partial charge < -0.3 is 13.6 Å². The van der Waals surface area contributed by atoms with E-state index in [0.717, 1.165) is 33.1 Å². The Kier molecular flexibility index (Phi) is 5.20. The van der Waals surface area contributed by atoms with Crippen molar-refractivity contribution in [1.29, 1.82) is 0 Å². The van der Waals surface area contributed by atoms with Gasteiger partial charge in [-0.2, -0.15) is 0 Å². The molecule has 0 aliphatic carbocycles. The van der Waals surface area contributed by atoms with E-state index in [1.54, 1.807) is 0 Å². The average molecular weight is 589 g/mol. The second-order valence-electron chi connectivity index (χ2n) is 12.2. The van der Waals surface area contributed by atoms with Crippen molar-refractivity contribution in [2.45, 2.75) is 0 Å². The van der Waals surface area contributed by atoms with Crippen molar-refractivity contribution in [3.63, 3.8) is 0 Å². The summed E-state index contributed by atoms with van der Waals surface area (Å²) in [7, 11) is 2.16. The Bertz CT molecular complexity index is 2810. The summed E-state index contributed by atoms with van der Waals surface area (Å²) in [4.78, 5) is 0. The van der Waals surface area contributed by atoms with E-state index in [9.17, 15) is 0 Å². The minimum atomic E-state index is 0.921. The summed E-state index contributed by atoms with van der Waals surface area (Å²) in [5.41, 5.74) is 12.6. The second-order valence-corrected chi connectivity index (χ2v) is 12.2. The Morgan fingerprint density at radius 2 is 0.978 bits per heavy atom. The Morgan fingerprint density at radius 1 is 0.413 bits per heavy atom. The lowest BCUT2D eigenvalue weighted by atomic mass is 9.98. The smallest absolute Gasteiger partial charge is 0.143 e. The normalized spacial score (nSPS) is 12.0. The summed E-state index contributed by atoms with van der Waals surface area (Å²) in [6.45, 7) is 0. The SMILES string of the molecule is Cn1c2ccc(-c3ccc4c(c3)c3ccccc3n4-c3ccccc3)cc2c2cc(-c3cccc4c3oc3ccccc34)ccc21. The first-order valence-corrected chi connectivity index (χ1v) is 15.7. The third-order valence-corrected chi connectivity index (χ3v) is 9.74. The summed E-state index contributed by atoms with van der Waals surface area (Å²) < 4.78 is 11.1. The molecule has 0 amide bonds. The van der Waals surface area contributed by atoms with Crippen LogP contribution in [-0.2, 0) is 7.05 Å². The molecule has 0 saturated heterocycles. The molecule has 0 aliphatic rings. The standard InChI is InChI=1S/C43H28N2O/c1-44-38-21-18-27(28-19-23-41-35(24-28)32-12-5-7-16-40(32)45(41)30-10-3-2-4-11-30)25-36(38)37-26-29(20-22-39(37)44)31-14-9-15-34-33-13-6-8-17-42(33)46-43(31)34/h2-26H,1H3. The van der Waals surface area contributed by atoms with Gasteiger partial charge >= 0.3 is 0 Å². The molecule has 46 heavy (non-hydrogen) atoms. The van der Waals surface area contributed by atoms with E-state index in [1.165, 1.54) is 60.4 Å². The van der Waals surface area contributed by atoms with Crippen molar-refractivity contribution in [2.75, 3.05) is 0 Å². The second kappa shape index (κ2) is 9.47. The van der Waals surface area contributed by atoms with Gasteiger partial charge in [-0.15, -0.1) is 0 Å². The molecule has 0 fully saturated rings. The molecule has 3 aromatic heterocycles. The largest absolute Gasteiger partial charge is 0.455 e. The fraction of sp³-hybridized carbons (Fsp3) is 0.0233. The number of rotatable bonds is 3. The zero-order valence-corrected chi connectivity index (χ0v) is 25.2. The van der Waals surface area contributed by atoms with Crippen LogP contribution < -0.4 is 0 Å². The van der Waals surface area contributed by atoms with Crippen LogP contribution in [0.2, 0.25) is 0 Å². The van der Waals surface area contributed by atoms with Crippen LogP contribution in [0, 0.1) is 0 Å². The van der Waals surface area contributed by atoms with E-state index < -0.39 is 0 Å². The number of aromatic nitrogens is 2. The Labute approximate surface area is 265 Å². The molecule has 0 atom stereocenters. The van der Waals surface area contributed by atoms with Crippen molar-refractivity contribution < 1.29 is 4.42 Å². The average Bonchev–Trinajstić information content (AvgIpc) is 3.75. The molecular formula is C43H28N2O. The van der Waals surface area contributed by atoms with Gasteiger partial charge in [0.25, 0.3) is 0 Å². The first-order valence-electron chi connectivity index (χ1n) is 15.7. The molecule has 10 rings (SSSR count). The zero-order chi connectivity index (χ0) is 30.4. The van der Waals surface area contributed by atoms with Crippen LogP contribution in [0.15, 0.2) is 156 Å². The number of benzene rings is 7. The Balaban J connectivity index is 1.16. The number of hydrogen-bond donors (Lipinski definition) is 0. The van der Waals surface area contributed by atoms with Crippen LogP contribution in [0.5, 0.6) is 0 Å². The van der Waals surface area contributed by atoms with Crippen molar-refractivity contribution >= 4 is 65.6 Å². The van der Waals surface area contributed by atoms with Gasteiger partial charge in [-0.05, 0) is 77.4 Å². The molecule has 3 heteroatoms. The molecular weight excluding hydrogens is 560 g/mol. The molecule has 7 aromatic carbocycles. The summed E-state index contributed by atoms with van der Waals surface area (Å²) in [6, 6.07) is 54.7. The first kappa shape index (κ1) is 25.3. The molecule has 216 valence electrons. The number of furan rings is 1. The summed E-state index contributed by atoms with van der Waals surface area (Å²) in [5, 5.41) is 7.32. The van der Waals surface area contributed by atoms with Crippen molar-refractivity contribution in [1.82, 2.24) is 9.13 Å². The monoisotopic (exact) mass is 588 g/mol. The Hall–Kier alpha value is -6.06. The van der Waals surface area contributed by atoms with Crippen LogP contribution in [0.1, 0.15) is 0 Å². The maximum atomic E-state index is 6.41. The highest BCUT2D eigenvalue weighted by Gasteiger charge is 2.16. The minimum Gasteiger partial charge on any atom is -0.455 e. The van der Waals surface area contributed by atoms with Gasteiger partial charge in [0.15, 0.2) is 0 Å². The van der Waals surface area contributed by atoms with E-state index in [1.807, 2.05) is 12.1 Å². The van der Waals surface area contributed by atoms with Crippen molar-refractivity contribution in [3.8, 4) is 27.9 Å². The van der Waals surface area contributed by atoms with Gasteiger partial charge in [-0.3, -0.25) is 0 Å². The van der Waals surface area contributed by atoms with Crippen LogP contribution in [0.4, 0.5) is 0 Å². The Morgan fingerprint density at radius 3 is 1.76 bits per heavy atom. The fourth-order valence-corrected chi connectivity index (χ4v) is 7.55. The molecule has 0 unspecified atom stereocenters. The third kappa shape index (κ3) is 3.54. The lowest BCUT2D eigenvalue weighted by Gasteiger charge is -2.08. The quantitative estimate of drug-likeness (QED) is 0.201. The lowest BCUT2D eigenvalue weighted by molar-refractivity contribution is 0.670. The van der Waals surface area contributed by atoms with Crippen LogP contribution in [-0.4, -0.2) is 9.13 Å². The van der Waals surface area contributed by atoms with Gasteiger partial charge in [0.2, 0.25) is 0 Å². The highest BCUT2D eigenvalue weighted by atomic mass is 16.3. The van der Waals surface area contributed by atoms with E-state index in [-0.39, 0.29) is 0 Å². The van der Waals surface area contributed by atoms with Crippen molar-refractivity contribution in [2.24, 2.45) is 7.05 Å². The van der Waals surface area contributed by atoms with E-state index in [2.05, 4.69) is 156 Å². The number of hydrogen-bond acceptors (Lipinski definition) is 1. The molecule has 0 radical (unpaired) electrons. The maximum Gasteiger partial charge on any atom is 0.143 e. The van der Waals surface area contributed by atoms with Gasteiger partial charge in [0.05, 0.1) is 11.0 Å². The molecule has 0 bridgehead atoms. The van der Waals surface area contributed by atoms with E-state index >= 15 is 0 Å². The number of fused-ring (bicyclic) bond motifs is 9. The number of nitrogens with zero attached hydrogens (tertiary/aromatic N) is 2. The highest BCUT2D eigenvalue weighted by molar-refractivity contribution is 6.14. The van der Waals surface area contributed by atoms with E-state index in [4.69, 9.17) is 4.42 Å². The number of aryl methyl sites for hydroxylation is 1. The molecule has 0 N–H and O–H groups in total. The van der Waals surface area contributed by atoms with E-state index in [0.29, 0.717) is 0 Å². The summed E-state index contributed by atoms with van der Waals surface area (Å²) in [5.74, 6) is 0. The zero-order valence-electron chi connectivity index (χ0n) is 25.2. The van der Waals surface area contributed by atoms with Crippen LogP contribution >= 0.6 is 0 Å². The predicted molar refractivity (Wildman–Crippen MR) is 193 cm³/mol. The topological polar surface area (TPSA) is 23.0 Å². The molecule has 3 nitrogen and oxygen atoms in total. The first-order chi connectivity index (χ1) is 22.7. The van der Waals surface area contributed by atoms with Crippen molar-refractivity contribution in [3.05, 3.63) is 152 Å². The molecule has 3 heterocycles. The fourth-order valence-electron chi connectivity index (χ4n) is 7.55. The summed E-state index contributed by atoms with van der Waals surface area (Å²) in [6.07, 6.45) is 0. The summed E-state index contributed by atoms with van der Waals surface area (Å²) >= 11 is 0. The minimum absolute atomic E-state index is 0.921. The predicted octanol–water partition coefficient (Wildman–Crippen LogP) is 11.7. The third-order valence-electron chi connectivity index (χ3n) is 9.74. The van der Waals surface area contributed by atoms with Crippen LogP contribution in [0.3, 0.4) is 0 Å². The van der Waals surface area contributed by atoms with Gasteiger partial charge in [-0.25, -0.2) is 0 Å². The number of para-hydroxylation sites is 4.